The van der Waals surface area contributed by atoms with Crippen LogP contribution in [0.15, 0.2) is 53.6 Å². The fourth-order valence-electron chi connectivity index (χ4n) is 2.45. The molecule has 3 aromatic carbocycles. The lowest BCUT2D eigenvalue weighted by molar-refractivity contribution is 0.0952. The van der Waals surface area contributed by atoms with Crippen molar-refractivity contribution in [3.05, 3.63) is 69.7 Å². The Morgan fingerprint density at radius 2 is 1.73 bits per heavy atom. The minimum absolute atomic E-state index is 0.0986. The predicted molar refractivity (Wildman–Crippen MR) is 104 cm³/mol. The molecule has 0 unspecified atom stereocenters. The molecule has 0 atom stereocenters. The first-order valence-corrected chi connectivity index (χ1v) is 8.33. The lowest BCUT2D eigenvalue weighted by Crippen LogP contribution is -2.18. The fraction of sp³-hybridized carbons (Fsp3) is 0.0526. The van der Waals surface area contributed by atoms with E-state index < -0.39 is 5.91 Å². The second-order valence-corrected chi connectivity index (χ2v) is 6.25. The van der Waals surface area contributed by atoms with Crippen LogP contribution in [0, 0.1) is 0 Å². The van der Waals surface area contributed by atoms with Crippen molar-refractivity contribution in [1.82, 2.24) is 5.43 Å². The van der Waals surface area contributed by atoms with E-state index in [2.05, 4.69) is 10.5 Å². The number of phenols is 1. The van der Waals surface area contributed by atoms with E-state index in [9.17, 15) is 9.90 Å². The van der Waals surface area contributed by atoms with Crippen LogP contribution in [0.3, 0.4) is 0 Å². The summed E-state index contributed by atoms with van der Waals surface area (Å²) in [5.74, 6) is -0.164. The number of ether oxygens (including phenoxy) is 1. The van der Waals surface area contributed by atoms with Gasteiger partial charge in [0.2, 0.25) is 0 Å². The van der Waals surface area contributed by atoms with Gasteiger partial charge in [-0.25, -0.2) is 5.43 Å². The second kappa shape index (κ2) is 7.64. The topological polar surface area (TPSA) is 70.9 Å². The maximum atomic E-state index is 12.4. The molecule has 0 heterocycles. The van der Waals surface area contributed by atoms with Gasteiger partial charge in [0.1, 0.15) is 5.75 Å². The molecule has 1 amide bonds. The van der Waals surface area contributed by atoms with Gasteiger partial charge in [0.05, 0.1) is 28.9 Å². The Kier molecular flexibility index (Phi) is 5.30. The van der Waals surface area contributed by atoms with E-state index in [4.69, 9.17) is 27.9 Å². The maximum Gasteiger partial charge on any atom is 0.275 e. The van der Waals surface area contributed by atoms with E-state index >= 15 is 0 Å². The van der Waals surface area contributed by atoms with E-state index in [0.717, 1.165) is 10.8 Å². The highest BCUT2D eigenvalue weighted by Crippen LogP contribution is 2.32. The summed E-state index contributed by atoms with van der Waals surface area (Å²) in [5, 5.41) is 15.5. The molecule has 7 heteroatoms. The molecule has 0 radical (unpaired) electrons. The lowest BCUT2D eigenvalue weighted by atomic mass is 10.1. The molecule has 0 aliphatic rings. The molecule has 132 valence electrons. The summed E-state index contributed by atoms with van der Waals surface area (Å²) in [5.41, 5.74) is 3.34. The third kappa shape index (κ3) is 3.74. The molecular weight excluding hydrogens is 375 g/mol. The molecule has 0 spiro atoms. The SMILES string of the molecule is COc1cc2ccccc2cc1C(=O)N/N=C\c1cc(Cl)c(O)c(Cl)c1. The highest BCUT2D eigenvalue weighted by atomic mass is 35.5. The number of halogens is 2. The number of aromatic hydroxyl groups is 1. The molecule has 0 saturated heterocycles. The summed E-state index contributed by atoms with van der Waals surface area (Å²) in [6, 6.07) is 14.2. The molecule has 0 saturated carbocycles. The molecule has 5 nitrogen and oxygen atoms in total. The van der Waals surface area contributed by atoms with Crippen molar-refractivity contribution in [3.63, 3.8) is 0 Å². The molecule has 0 bridgehead atoms. The summed E-state index contributed by atoms with van der Waals surface area (Å²) in [7, 11) is 1.50. The number of amides is 1. The lowest BCUT2D eigenvalue weighted by Gasteiger charge is -2.09. The molecule has 2 N–H and O–H groups in total. The highest BCUT2D eigenvalue weighted by Gasteiger charge is 2.13. The van der Waals surface area contributed by atoms with Crippen LogP contribution in [0.2, 0.25) is 10.0 Å². The number of phenolic OH excluding ortho intramolecular Hbond substituents is 1. The monoisotopic (exact) mass is 388 g/mol. The van der Waals surface area contributed by atoms with Crippen LogP contribution in [0.25, 0.3) is 10.8 Å². The van der Waals surface area contributed by atoms with Crippen molar-refractivity contribution < 1.29 is 14.6 Å². The van der Waals surface area contributed by atoms with Crippen molar-refractivity contribution in [2.24, 2.45) is 5.10 Å². The molecule has 0 aromatic heterocycles. The number of nitrogens with one attached hydrogen (secondary N) is 1. The van der Waals surface area contributed by atoms with Gasteiger partial charge in [-0.15, -0.1) is 0 Å². The zero-order chi connectivity index (χ0) is 18.7. The fourth-order valence-corrected chi connectivity index (χ4v) is 2.95. The summed E-state index contributed by atoms with van der Waals surface area (Å²) < 4.78 is 5.31. The first-order chi connectivity index (χ1) is 12.5. The van der Waals surface area contributed by atoms with Crippen molar-refractivity contribution in [2.45, 2.75) is 0 Å². The van der Waals surface area contributed by atoms with E-state index in [-0.39, 0.29) is 15.8 Å². The Morgan fingerprint density at radius 3 is 2.35 bits per heavy atom. The summed E-state index contributed by atoms with van der Waals surface area (Å²) in [6.07, 6.45) is 1.38. The zero-order valence-corrected chi connectivity index (χ0v) is 15.2. The van der Waals surface area contributed by atoms with Gasteiger partial charge in [0.25, 0.3) is 5.91 Å². The van der Waals surface area contributed by atoms with E-state index in [1.807, 2.05) is 24.3 Å². The smallest absolute Gasteiger partial charge is 0.275 e. The third-order valence-corrected chi connectivity index (χ3v) is 4.31. The number of hydrogen-bond acceptors (Lipinski definition) is 4. The molecule has 3 rings (SSSR count). The van der Waals surface area contributed by atoms with Gasteiger partial charge in [-0.3, -0.25) is 4.79 Å². The average molecular weight is 389 g/mol. The molecule has 3 aromatic rings. The van der Waals surface area contributed by atoms with Crippen molar-refractivity contribution in [2.75, 3.05) is 7.11 Å². The number of methoxy groups -OCH3 is 1. The van der Waals surface area contributed by atoms with E-state index in [0.29, 0.717) is 16.9 Å². The van der Waals surface area contributed by atoms with Gasteiger partial charge < -0.3 is 9.84 Å². The standard InChI is InChI=1S/C19H14Cl2N2O3/c1-26-17-9-13-5-3-2-4-12(13)8-14(17)19(25)23-22-10-11-6-15(20)18(24)16(21)7-11/h2-10,24H,1H3,(H,23,25)/b22-10-. The normalized spacial score (nSPS) is 11.0. The number of nitrogens with zero attached hydrogens (tertiary/aromatic N) is 1. The van der Waals surface area contributed by atoms with Gasteiger partial charge in [-0.1, -0.05) is 47.5 Å². The Labute approximate surface area is 159 Å². The van der Waals surface area contributed by atoms with Crippen LogP contribution in [0.5, 0.6) is 11.5 Å². The average Bonchev–Trinajstić information content (AvgIpc) is 2.64. The van der Waals surface area contributed by atoms with Crippen LogP contribution >= 0.6 is 23.2 Å². The largest absolute Gasteiger partial charge is 0.505 e. The predicted octanol–water partition coefficient (Wildman–Crippen LogP) is 4.62. The van der Waals surface area contributed by atoms with Gasteiger partial charge in [0, 0.05) is 0 Å². The van der Waals surface area contributed by atoms with E-state index in [1.54, 1.807) is 12.1 Å². The first kappa shape index (κ1) is 18.0. The van der Waals surface area contributed by atoms with Gasteiger partial charge in [-0.05, 0) is 40.6 Å². The van der Waals surface area contributed by atoms with Crippen LogP contribution in [0.4, 0.5) is 0 Å². The number of fused-ring (bicyclic) bond motifs is 1. The number of carbonyl (C=O) groups excluding carboxylic acids is 1. The number of hydrogen-bond donors (Lipinski definition) is 2. The number of benzene rings is 3. The molecule has 0 fully saturated rings. The van der Waals surface area contributed by atoms with Crippen molar-refractivity contribution in [1.29, 1.82) is 0 Å². The zero-order valence-electron chi connectivity index (χ0n) is 13.7. The first-order valence-electron chi connectivity index (χ1n) is 7.58. The summed E-state index contributed by atoms with van der Waals surface area (Å²) in [4.78, 5) is 12.4. The number of hydrazone groups is 1. The van der Waals surface area contributed by atoms with Crippen LogP contribution in [-0.4, -0.2) is 24.3 Å². The highest BCUT2D eigenvalue weighted by molar-refractivity contribution is 6.37. The second-order valence-electron chi connectivity index (χ2n) is 5.43. The number of rotatable bonds is 4. The Morgan fingerprint density at radius 1 is 1.12 bits per heavy atom. The molecule has 0 aliphatic carbocycles. The quantitative estimate of drug-likeness (QED) is 0.505. The Balaban J connectivity index is 1.83. The van der Waals surface area contributed by atoms with Gasteiger partial charge in [-0.2, -0.15) is 5.10 Å². The Hall–Kier alpha value is -2.76. The van der Waals surface area contributed by atoms with Crippen LogP contribution in [0.1, 0.15) is 15.9 Å². The van der Waals surface area contributed by atoms with Crippen LogP contribution in [-0.2, 0) is 0 Å². The summed E-state index contributed by atoms with van der Waals surface area (Å²) >= 11 is 11.7. The molecular formula is C19H14Cl2N2O3. The minimum Gasteiger partial charge on any atom is -0.505 e. The van der Waals surface area contributed by atoms with E-state index in [1.165, 1.54) is 25.5 Å². The molecule has 0 aliphatic heterocycles. The van der Waals surface area contributed by atoms with Crippen LogP contribution < -0.4 is 10.2 Å². The van der Waals surface area contributed by atoms with Gasteiger partial charge >= 0.3 is 0 Å². The molecule has 26 heavy (non-hydrogen) atoms. The van der Waals surface area contributed by atoms with Crippen molar-refractivity contribution in [3.8, 4) is 11.5 Å². The summed E-state index contributed by atoms with van der Waals surface area (Å²) in [6.45, 7) is 0. The maximum absolute atomic E-state index is 12.4. The van der Waals surface area contributed by atoms with Gasteiger partial charge in [0.15, 0.2) is 5.75 Å². The number of carbonyl (C=O) groups is 1. The Bertz CT molecular complexity index is 996. The van der Waals surface area contributed by atoms with Crippen molar-refractivity contribution >= 4 is 46.1 Å². The third-order valence-electron chi connectivity index (χ3n) is 3.73. The minimum atomic E-state index is -0.417.